The molecule has 0 atom stereocenters. The van der Waals surface area contributed by atoms with E-state index < -0.39 is 5.76 Å². The Balaban J connectivity index is 1.33. The molecule has 11 heteroatoms. The molecule has 0 saturated heterocycles. The minimum absolute atomic E-state index is 0.0238. The number of methoxy groups -OCH3 is 1. The first-order valence-electron chi connectivity index (χ1n) is 15.7. The number of unbranched alkanes of at least 4 members (excludes halogenated alkanes) is 1. The van der Waals surface area contributed by atoms with Gasteiger partial charge in [-0.05, 0) is 53.3 Å². The average molecular weight is 633 g/mol. The van der Waals surface area contributed by atoms with Crippen LogP contribution >= 0.6 is 0 Å². The van der Waals surface area contributed by atoms with Crippen molar-refractivity contribution in [2.45, 2.75) is 58.9 Å². The van der Waals surface area contributed by atoms with Gasteiger partial charge in [0.05, 0.1) is 25.8 Å². The molecule has 0 aliphatic rings. The molecule has 3 aromatic carbocycles. The maximum atomic E-state index is 14.3. The van der Waals surface area contributed by atoms with Gasteiger partial charge in [-0.2, -0.15) is 0 Å². The molecule has 0 amide bonds. The number of aromatic nitrogens is 6. The van der Waals surface area contributed by atoms with Crippen LogP contribution in [-0.2, 0) is 19.4 Å². The van der Waals surface area contributed by atoms with Crippen molar-refractivity contribution in [2.24, 2.45) is 0 Å². The van der Waals surface area contributed by atoms with Gasteiger partial charge in [0.25, 0.3) is 5.56 Å². The van der Waals surface area contributed by atoms with E-state index in [1.165, 1.54) is 0 Å². The van der Waals surface area contributed by atoms with Crippen LogP contribution in [0.3, 0.4) is 0 Å². The van der Waals surface area contributed by atoms with Gasteiger partial charge in [-0.3, -0.25) is 18.9 Å². The summed E-state index contributed by atoms with van der Waals surface area (Å²) in [6.07, 6.45) is 2.76. The SMILES string of the molecule is CCCCc1nc(C(C)C)c(Cc2nnc(-c3ccc(OC)cc3)o2)c(=O)n1Cc1ccc(-c2ccccc2-c2noc(=O)[nH]2)cc1. The average Bonchev–Trinajstić information content (AvgIpc) is 3.75. The predicted molar refractivity (Wildman–Crippen MR) is 177 cm³/mol. The molecule has 47 heavy (non-hydrogen) atoms. The fourth-order valence-corrected chi connectivity index (χ4v) is 5.58. The molecule has 0 aliphatic heterocycles. The summed E-state index contributed by atoms with van der Waals surface area (Å²) in [5.74, 6) is 1.99. The zero-order valence-corrected chi connectivity index (χ0v) is 26.8. The van der Waals surface area contributed by atoms with E-state index in [4.69, 9.17) is 18.7 Å². The smallest absolute Gasteiger partial charge is 0.439 e. The molecule has 0 saturated carbocycles. The van der Waals surface area contributed by atoms with Gasteiger partial charge in [-0.15, -0.1) is 10.2 Å². The third-order valence-corrected chi connectivity index (χ3v) is 8.03. The normalized spacial score (nSPS) is 11.3. The van der Waals surface area contributed by atoms with Gasteiger partial charge < -0.3 is 9.15 Å². The van der Waals surface area contributed by atoms with Gasteiger partial charge >= 0.3 is 5.76 Å². The van der Waals surface area contributed by atoms with Crippen molar-refractivity contribution in [3.05, 3.63) is 122 Å². The number of hydrogen-bond donors (Lipinski definition) is 1. The zero-order chi connectivity index (χ0) is 32.9. The molecule has 0 spiro atoms. The summed E-state index contributed by atoms with van der Waals surface area (Å²) in [7, 11) is 1.61. The number of nitrogens with zero attached hydrogens (tertiary/aromatic N) is 5. The topological polar surface area (TPSA) is 142 Å². The molecule has 3 heterocycles. The highest BCUT2D eigenvalue weighted by atomic mass is 16.5. The Morgan fingerprint density at radius 3 is 2.30 bits per heavy atom. The van der Waals surface area contributed by atoms with Crippen LogP contribution < -0.4 is 16.1 Å². The molecular formula is C36H36N6O5. The summed E-state index contributed by atoms with van der Waals surface area (Å²) in [4.78, 5) is 33.6. The summed E-state index contributed by atoms with van der Waals surface area (Å²) < 4.78 is 17.8. The molecule has 6 rings (SSSR count). The van der Waals surface area contributed by atoms with Crippen molar-refractivity contribution in [3.63, 3.8) is 0 Å². The van der Waals surface area contributed by atoms with Crippen LogP contribution in [0.25, 0.3) is 34.0 Å². The quantitative estimate of drug-likeness (QED) is 0.162. The van der Waals surface area contributed by atoms with Crippen molar-refractivity contribution in [2.75, 3.05) is 7.11 Å². The molecule has 240 valence electrons. The Morgan fingerprint density at radius 1 is 0.915 bits per heavy atom. The number of nitrogens with one attached hydrogen (secondary N) is 1. The Morgan fingerprint density at radius 2 is 1.64 bits per heavy atom. The lowest BCUT2D eigenvalue weighted by atomic mass is 9.98. The van der Waals surface area contributed by atoms with E-state index in [1.807, 2.05) is 86.6 Å². The van der Waals surface area contributed by atoms with Gasteiger partial charge in [0, 0.05) is 23.1 Å². The van der Waals surface area contributed by atoms with E-state index in [0.717, 1.165) is 57.9 Å². The molecule has 0 aliphatic carbocycles. The number of rotatable bonds is 12. The molecule has 0 bridgehead atoms. The van der Waals surface area contributed by atoms with E-state index in [9.17, 15) is 9.59 Å². The molecule has 1 N–H and O–H groups in total. The Hall–Kier alpha value is -5.58. The van der Waals surface area contributed by atoms with Gasteiger partial charge in [-0.25, -0.2) is 9.78 Å². The molecule has 11 nitrogen and oxygen atoms in total. The van der Waals surface area contributed by atoms with Crippen LogP contribution in [0.4, 0.5) is 0 Å². The van der Waals surface area contributed by atoms with Gasteiger partial charge in [0.2, 0.25) is 11.8 Å². The van der Waals surface area contributed by atoms with Gasteiger partial charge in [-0.1, -0.05) is 80.9 Å². The van der Waals surface area contributed by atoms with Crippen molar-refractivity contribution in [1.82, 2.24) is 29.9 Å². The Labute approximate surface area is 271 Å². The first-order valence-corrected chi connectivity index (χ1v) is 15.7. The summed E-state index contributed by atoms with van der Waals surface area (Å²) >= 11 is 0. The van der Waals surface area contributed by atoms with Crippen molar-refractivity contribution >= 4 is 0 Å². The van der Waals surface area contributed by atoms with Gasteiger partial charge in [0.1, 0.15) is 11.6 Å². The number of benzene rings is 3. The predicted octanol–water partition coefficient (Wildman–Crippen LogP) is 6.42. The number of ether oxygens (including phenoxy) is 1. The number of aryl methyl sites for hydroxylation is 1. The van der Waals surface area contributed by atoms with Crippen LogP contribution in [0.1, 0.15) is 68.1 Å². The standard InChI is InChI=1S/C36H36N6O5/c1-5-6-11-30-37-32(22(2)3)29(20-31-39-40-34(46-31)25-16-18-26(45-4)19-17-25)35(43)42(30)21-23-12-14-24(15-13-23)27-9-7-8-10-28(27)33-38-36(44)47-41-33/h7-10,12-19,22H,5-6,11,20-21H2,1-4H3,(H,38,41,44). The first-order chi connectivity index (χ1) is 22.8. The lowest BCUT2D eigenvalue weighted by Crippen LogP contribution is -2.31. The molecule has 3 aromatic heterocycles. The van der Waals surface area contributed by atoms with E-state index >= 15 is 0 Å². The second kappa shape index (κ2) is 13.8. The minimum Gasteiger partial charge on any atom is -0.497 e. The Kier molecular flexibility index (Phi) is 9.23. The van der Waals surface area contributed by atoms with Crippen LogP contribution in [0.5, 0.6) is 5.75 Å². The summed E-state index contributed by atoms with van der Waals surface area (Å²) in [6.45, 7) is 6.57. The lowest BCUT2D eigenvalue weighted by molar-refractivity contribution is 0.388. The van der Waals surface area contributed by atoms with Crippen molar-refractivity contribution in [3.8, 4) is 39.7 Å². The van der Waals surface area contributed by atoms with Crippen LogP contribution in [0.2, 0.25) is 0 Å². The minimum atomic E-state index is -0.609. The van der Waals surface area contributed by atoms with Crippen LogP contribution in [0, 0.1) is 0 Å². The van der Waals surface area contributed by atoms with Gasteiger partial charge in [0.15, 0.2) is 5.82 Å². The number of hydrogen-bond acceptors (Lipinski definition) is 9. The maximum Gasteiger partial charge on any atom is 0.439 e. The second-order valence-corrected chi connectivity index (χ2v) is 11.6. The zero-order valence-electron chi connectivity index (χ0n) is 26.8. The molecule has 0 fully saturated rings. The molecule has 6 aromatic rings. The lowest BCUT2D eigenvalue weighted by Gasteiger charge is -2.19. The maximum absolute atomic E-state index is 14.3. The molecule has 0 radical (unpaired) electrons. The summed E-state index contributed by atoms with van der Waals surface area (Å²) in [5, 5.41) is 12.4. The third-order valence-electron chi connectivity index (χ3n) is 8.03. The summed E-state index contributed by atoms with van der Waals surface area (Å²) in [5.41, 5.74) is 5.48. The Bertz CT molecular complexity index is 2090. The van der Waals surface area contributed by atoms with Crippen molar-refractivity contribution in [1.29, 1.82) is 0 Å². The van der Waals surface area contributed by atoms with E-state index in [0.29, 0.717) is 36.1 Å². The van der Waals surface area contributed by atoms with Crippen LogP contribution in [0.15, 0.2) is 91.3 Å². The number of aromatic amines is 1. The second-order valence-electron chi connectivity index (χ2n) is 11.6. The first kappa shape index (κ1) is 31.4. The third kappa shape index (κ3) is 6.84. The highest BCUT2D eigenvalue weighted by Crippen LogP contribution is 2.30. The van der Waals surface area contributed by atoms with Crippen LogP contribution in [-0.4, -0.2) is 37.0 Å². The van der Waals surface area contributed by atoms with Crippen molar-refractivity contribution < 1.29 is 13.7 Å². The summed E-state index contributed by atoms with van der Waals surface area (Å²) in [6, 6.07) is 23.0. The largest absolute Gasteiger partial charge is 0.497 e. The fraction of sp³-hybridized carbons (Fsp3) is 0.278. The number of H-pyrrole nitrogens is 1. The van der Waals surface area contributed by atoms with E-state index in [2.05, 4.69) is 27.3 Å². The monoisotopic (exact) mass is 632 g/mol. The molecular weight excluding hydrogens is 596 g/mol. The highest BCUT2D eigenvalue weighted by Gasteiger charge is 2.22. The fourth-order valence-electron chi connectivity index (χ4n) is 5.58. The van der Waals surface area contributed by atoms with E-state index in [-0.39, 0.29) is 17.9 Å². The molecule has 0 unspecified atom stereocenters. The highest BCUT2D eigenvalue weighted by molar-refractivity contribution is 5.80. The van der Waals surface area contributed by atoms with E-state index in [1.54, 1.807) is 11.7 Å².